The quantitative estimate of drug-likeness (QED) is 0.108. The smallest absolute Gasteiger partial charge is 0.481 e. The Morgan fingerprint density at radius 3 is 2.64 bits per heavy atom. The van der Waals surface area contributed by atoms with E-state index in [1.165, 1.54) is 54.1 Å². The summed E-state index contributed by atoms with van der Waals surface area (Å²) in [7, 11) is -4.40. The van der Waals surface area contributed by atoms with Gasteiger partial charge in [0.1, 0.15) is 30.3 Å². The molecular weight excluding hydrogens is 667 g/mol. The number of amides is 2. The van der Waals surface area contributed by atoms with Gasteiger partial charge in [0, 0.05) is 41.7 Å². The Kier molecular flexibility index (Phi) is 11.6. The summed E-state index contributed by atoms with van der Waals surface area (Å²) in [6.45, 7) is 2.69. The molecule has 2 N–H and O–H groups in total. The van der Waals surface area contributed by atoms with Gasteiger partial charge in [-0.05, 0) is 39.0 Å². The number of carbonyl (C=O) groups excluding carboxylic acids is 4. The molecule has 3 unspecified atom stereocenters. The highest BCUT2D eigenvalue weighted by atomic mass is 35.5. The summed E-state index contributed by atoms with van der Waals surface area (Å²) in [5, 5.41) is 2.86. The second-order valence-electron chi connectivity index (χ2n) is 11.0. The van der Waals surface area contributed by atoms with Crippen LogP contribution in [0.3, 0.4) is 0 Å². The Labute approximate surface area is 273 Å². The molecule has 1 aliphatic heterocycles. The zero-order chi connectivity index (χ0) is 34.5. The number of ether oxygens (including phenoxy) is 3. The molecule has 1 aliphatic rings. The van der Waals surface area contributed by atoms with Crippen LogP contribution in [0.1, 0.15) is 43.1 Å². The number of alkyl halides is 1. The molecule has 2 amide bonds. The van der Waals surface area contributed by atoms with Crippen LogP contribution in [0.25, 0.3) is 10.9 Å². The molecule has 1 saturated heterocycles. The van der Waals surface area contributed by atoms with Gasteiger partial charge in [-0.3, -0.25) is 23.5 Å². The molecule has 4 rings (SSSR count). The molecule has 0 spiro atoms. The Hall–Kier alpha value is -4.04. The fourth-order valence-corrected chi connectivity index (χ4v) is 5.68. The van der Waals surface area contributed by atoms with E-state index in [0.717, 1.165) is 4.90 Å². The minimum atomic E-state index is -4.40. The lowest BCUT2D eigenvalue weighted by Gasteiger charge is -2.24. The maximum atomic E-state index is 14.5. The van der Waals surface area contributed by atoms with Crippen molar-refractivity contribution in [3.63, 3.8) is 0 Å². The van der Waals surface area contributed by atoms with Gasteiger partial charge in [0.05, 0.1) is 23.2 Å². The molecule has 254 valence electrons. The monoisotopic (exact) mass is 699 g/mol. The van der Waals surface area contributed by atoms with Gasteiger partial charge in [0.15, 0.2) is 12.1 Å². The zero-order valence-electron chi connectivity index (χ0n) is 25.6. The number of aromatic nitrogens is 1. The van der Waals surface area contributed by atoms with E-state index < -0.39 is 69.4 Å². The maximum Gasteiger partial charge on any atom is 0.510 e. The van der Waals surface area contributed by atoms with E-state index >= 15 is 0 Å². The van der Waals surface area contributed by atoms with Crippen molar-refractivity contribution >= 4 is 53.9 Å². The van der Waals surface area contributed by atoms with Crippen LogP contribution in [-0.4, -0.2) is 76.1 Å². The Morgan fingerprint density at radius 1 is 1.19 bits per heavy atom. The van der Waals surface area contributed by atoms with E-state index in [2.05, 4.69) is 10.1 Å². The highest BCUT2D eigenvalue weighted by molar-refractivity contribution is 7.52. The first-order valence-corrected chi connectivity index (χ1v) is 16.5. The van der Waals surface area contributed by atoms with Gasteiger partial charge in [0.25, 0.3) is 0 Å². The van der Waals surface area contributed by atoms with Gasteiger partial charge >= 0.3 is 13.8 Å². The average Bonchev–Trinajstić information content (AvgIpc) is 3.57. The van der Waals surface area contributed by atoms with Gasteiger partial charge in [-0.25, -0.2) is 13.6 Å². The predicted molar refractivity (Wildman–Crippen MR) is 164 cm³/mol. The molecule has 0 radical (unpaired) electrons. The molecule has 47 heavy (non-hydrogen) atoms. The third-order valence-corrected chi connectivity index (χ3v) is 8.31. The van der Waals surface area contributed by atoms with E-state index in [4.69, 9.17) is 25.6 Å². The minimum absolute atomic E-state index is 0.0768. The van der Waals surface area contributed by atoms with Crippen molar-refractivity contribution in [2.24, 2.45) is 0 Å². The molecule has 0 aliphatic carbocycles. The van der Waals surface area contributed by atoms with Crippen LogP contribution in [0.4, 0.5) is 13.6 Å². The number of hydrogen-bond donors (Lipinski definition) is 2. The normalized spacial score (nSPS) is 17.4. The third-order valence-electron chi connectivity index (χ3n) is 7.05. The van der Waals surface area contributed by atoms with Crippen molar-refractivity contribution in [2.45, 2.75) is 58.6 Å². The minimum Gasteiger partial charge on any atom is -0.481 e. The van der Waals surface area contributed by atoms with E-state index in [1.807, 2.05) is 0 Å². The maximum absolute atomic E-state index is 14.5. The molecule has 1 fully saturated rings. The van der Waals surface area contributed by atoms with Gasteiger partial charge in [-0.15, -0.1) is 0 Å². The summed E-state index contributed by atoms with van der Waals surface area (Å²) in [5.74, 6) is -2.23. The van der Waals surface area contributed by atoms with Gasteiger partial charge in [0.2, 0.25) is 18.6 Å². The summed E-state index contributed by atoms with van der Waals surface area (Å²) in [4.78, 5) is 61.4. The van der Waals surface area contributed by atoms with Crippen LogP contribution in [0.5, 0.6) is 5.75 Å². The standard InChI is InChI=1S/C30H33ClF2N3O10P/c1-17(2)46-30(40)43-15-45-47(41,42)16-44-21-7-8-22-23(18(3)37)13-35(25(22)10-21)14-27(38)36-12-20(32)9-26(36)29(39)34-11-19-5-4-6-24(31)28(19)33/h4-8,10,13,17,20,26H,9,11-12,14-16H2,1-3H3,(H,34,39)(H,41,42). The van der Waals surface area contributed by atoms with Crippen LogP contribution in [0.15, 0.2) is 42.6 Å². The molecule has 17 heteroatoms. The molecule has 1 aromatic heterocycles. The molecule has 13 nitrogen and oxygen atoms in total. The highest BCUT2D eigenvalue weighted by Crippen LogP contribution is 2.42. The lowest BCUT2D eigenvalue weighted by Crippen LogP contribution is -2.46. The second kappa shape index (κ2) is 15.2. The van der Waals surface area contributed by atoms with Crippen molar-refractivity contribution < 1.29 is 56.2 Å². The number of carbonyl (C=O) groups is 4. The Bertz CT molecular complexity index is 1720. The Morgan fingerprint density at radius 2 is 1.94 bits per heavy atom. The number of Topliss-reactive ketones (excluding diaryl/α,β-unsaturated/α-hetero) is 1. The third kappa shape index (κ3) is 9.28. The molecule has 2 aromatic carbocycles. The number of likely N-dealkylation sites (tertiary alicyclic amines) is 1. The summed E-state index contributed by atoms with van der Waals surface area (Å²) in [6.07, 6.45) is -2.68. The average molecular weight is 700 g/mol. The van der Waals surface area contributed by atoms with E-state index in [0.29, 0.717) is 10.9 Å². The van der Waals surface area contributed by atoms with Crippen LogP contribution in [-0.2, 0) is 41.2 Å². The summed E-state index contributed by atoms with van der Waals surface area (Å²) in [5.41, 5.74) is 0.724. The molecule has 3 aromatic rings. The molecule has 2 heterocycles. The van der Waals surface area contributed by atoms with E-state index in [1.54, 1.807) is 13.8 Å². The first-order chi connectivity index (χ1) is 22.1. The Balaban J connectivity index is 1.45. The van der Waals surface area contributed by atoms with Crippen molar-refractivity contribution in [3.05, 3.63) is 64.6 Å². The fourth-order valence-electron chi connectivity index (χ4n) is 4.88. The first kappa shape index (κ1) is 35.8. The topological polar surface area (TPSA) is 163 Å². The van der Waals surface area contributed by atoms with Crippen LogP contribution in [0.2, 0.25) is 5.02 Å². The summed E-state index contributed by atoms with van der Waals surface area (Å²) < 4.78 is 62.1. The number of hydrogen-bond acceptors (Lipinski definition) is 9. The number of nitrogens with one attached hydrogen (secondary N) is 1. The van der Waals surface area contributed by atoms with Crippen molar-refractivity contribution in [3.8, 4) is 5.75 Å². The molecule has 3 atom stereocenters. The van der Waals surface area contributed by atoms with E-state index in [-0.39, 0.29) is 47.2 Å². The number of benzene rings is 2. The lowest BCUT2D eigenvalue weighted by molar-refractivity contribution is -0.139. The van der Waals surface area contributed by atoms with Gasteiger partial charge in [-0.1, -0.05) is 23.7 Å². The molecular formula is C30H33ClF2N3O10P. The largest absolute Gasteiger partial charge is 0.510 e. The first-order valence-electron chi connectivity index (χ1n) is 14.4. The van der Waals surface area contributed by atoms with Gasteiger partial charge in [-0.2, -0.15) is 0 Å². The summed E-state index contributed by atoms with van der Waals surface area (Å²) >= 11 is 5.80. The SMILES string of the molecule is CC(=O)c1cn(CC(=O)N2CC(F)CC2C(=O)NCc2cccc(Cl)c2F)c2cc(OCP(=O)(O)OCOC(=O)OC(C)C)ccc12. The van der Waals surface area contributed by atoms with Gasteiger partial charge < -0.3 is 33.9 Å². The molecule has 0 saturated carbocycles. The predicted octanol–water partition coefficient (Wildman–Crippen LogP) is 4.95. The van der Waals surface area contributed by atoms with E-state index in [9.17, 15) is 37.4 Å². The fraction of sp³-hybridized carbons (Fsp3) is 0.400. The number of rotatable bonds is 13. The number of nitrogens with zero attached hydrogens (tertiary/aromatic N) is 2. The van der Waals surface area contributed by atoms with Crippen molar-refractivity contribution in [1.29, 1.82) is 0 Å². The highest BCUT2D eigenvalue weighted by Gasteiger charge is 2.40. The summed E-state index contributed by atoms with van der Waals surface area (Å²) in [6, 6.07) is 7.54. The van der Waals surface area contributed by atoms with Crippen LogP contribution >= 0.6 is 19.2 Å². The zero-order valence-corrected chi connectivity index (χ0v) is 27.3. The number of fused-ring (bicyclic) bond motifs is 1. The van der Waals surface area contributed by atoms with Crippen LogP contribution in [0, 0.1) is 5.82 Å². The number of ketones is 1. The van der Waals surface area contributed by atoms with Crippen molar-refractivity contribution in [2.75, 3.05) is 19.7 Å². The van der Waals surface area contributed by atoms with Crippen molar-refractivity contribution in [1.82, 2.24) is 14.8 Å². The lowest BCUT2D eigenvalue weighted by atomic mass is 10.1. The van der Waals surface area contributed by atoms with Crippen LogP contribution < -0.4 is 10.1 Å². The second-order valence-corrected chi connectivity index (χ2v) is 13.1. The molecule has 0 bridgehead atoms. The number of halogens is 3.